The molecule has 3 heteroatoms. The van der Waals surface area contributed by atoms with Gasteiger partial charge in [0, 0.05) is 6.04 Å². The molecular formula is C22H23NO2. The van der Waals surface area contributed by atoms with Gasteiger partial charge in [-0.25, -0.2) is 0 Å². The van der Waals surface area contributed by atoms with Gasteiger partial charge in [0.05, 0.1) is 13.7 Å². The molecule has 0 heterocycles. The van der Waals surface area contributed by atoms with Gasteiger partial charge in [-0.3, -0.25) is 9.69 Å². The molecule has 25 heavy (non-hydrogen) atoms. The van der Waals surface area contributed by atoms with Crippen molar-refractivity contribution in [2.24, 2.45) is 0 Å². The Kier molecular flexibility index (Phi) is 7.00. The highest BCUT2D eigenvalue weighted by atomic mass is 16.5. The monoisotopic (exact) mass is 333 g/mol. The van der Waals surface area contributed by atoms with Crippen LogP contribution in [-0.2, 0) is 9.53 Å². The Bertz CT molecular complexity index is 732. The highest BCUT2D eigenvalue weighted by Crippen LogP contribution is 2.23. The number of terminal acetylenes is 1. The second kappa shape index (κ2) is 9.46. The molecule has 0 fully saturated rings. The van der Waals surface area contributed by atoms with E-state index in [1.807, 2.05) is 84.6 Å². The summed E-state index contributed by atoms with van der Waals surface area (Å²) in [6.07, 6.45) is 9.33. The predicted molar refractivity (Wildman–Crippen MR) is 102 cm³/mol. The number of hydrogen-bond acceptors (Lipinski definition) is 3. The molecule has 2 rings (SSSR count). The maximum absolute atomic E-state index is 12.4. The van der Waals surface area contributed by atoms with Crippen LogP contribution in [0.15, 0.2) is 66.7 Å². The van der Waals surface area contributed by atoms with Gasteiger partial charge in [0.25, 0.3) is 0 Å². The average molecular weight is 333 g/mol. The van der Waals surface area contributed by atoms with E-state index in [0.29, 0.717) is 6.54 Å². The van der Waals surface area contributed by atoms with Gasteiger partial charge < -0.3 is 4.74 Å². The first-order chi connectivity index (χ1) is 12.2. The van der Waals surface area contributed by atoms with Crippen LogP contribution in [0.25, 0.3) is 6.08 Å². The molecule has 0 amide bonds. The van der Waals surface area contributed by atoms with E-state index < -0.39 is 6.04 Å². The predicted octanol–water partition coefficient (Wildman–Crippen LogP) is 3.94. The van der Waals surface area contributed by atoms with E-state index in [4.69, 9.17) is 11.2 Å². The summed E-state index contributed by atoms with van der Waals surface area (Å²) < 4.78 is 5.01. The third kappa shape index (κ3) is 5.07. The number of nitrogens with zero attached hydrogens (tertiary/aromatic N) is 1. The summed E-state index contributed by atoms with van der Waals surface area (Å²) in [4.78, 5) is 14.4. The SMILES string of the molecule is C#CCN([C@@H](/C=C/c1ccccc1)C(=O)OC)[C@@H](C)c1ccccc1. The van der Waals surface area contributed by atoms with Crippen molar-refractivity contribution in [3.63, 3.8) is 0 Å². The van der Waals surface area contributed by atoms with Crippen LogP contribution in [-0.4, -0.2) is 30.6 Å². The Labute approximate surface area is 149 Å². The molecule has 0 unspecified atom stereocenters. The van der Waals surface area contributed by atoms with Crippen molar-refractivity contribution >= 4 is 12.0 Å². The minimum Gasteiger partial charge on any atom is -0.468 e. The Hall–Kier alpha value is -2.83. The van der Waals surface area contributed by atoms with E-state index in [2.05, 4.69) is 5.92 Å². The van der Waals surface area contributed by atoms with Crippen LogP contribution >= 0.6 is 0 Å². The summed E-state index contributed by atoms with van der Waals surface area (Å²) in [7, 11) is 1.40. The standard InChI is InChI=1S/C22H23NO2/c1-4-17-23(18(2)20-13-9-6-10-14-20)21(22(24)25-3)16-15-19-11-7-5-8-12-19/h1,5-16,18,21H,17H2,2-3H3/b16-15+/t18-,21-/m0/s1. The van der Waals surface area contributed by atoms with E-state index in [1.54, 1.807) is 0 Å². The summed E-state index contributed by atoms with van der Waals surface area (Å²) in [6.45, 7) is 2.38. The average Bonchev–Trinajstić information content (AvgIpc) is 2.68. The van der Waals surface area contributed by atoms with Crippen molar-refractivity contribution in [3.8, 4) is 12.3 Å². The summed E-state index contributed by atoms with van der Waals surface area (Å²) in [5.41, 5.74) is 2.11. The number of rotatable bonds is 7. The molecule has 0 spiro atoms. The van der Waals surface area contributed by atoms with Crippen LogP contribution in [0, 0.1) is 12.3 Å². The van der Waals surface area contributed by atoms with Crippen molar-refractivity contribution < 1.29 is 9.53 Å². The fraction of sp³-hybridized carbons (Fsp3) is 0.227. The van der Waals surface area contributed by atoms with E-state index in [1.165, 1.54) is 7.11 Å². The number of carbonyl (C=O) groups is 1. The molecule has 0 aromatic heterocycles. The molecule has 2 aromatic rings. The maximum Gasteiger partial charge on any atom is 0.327 e. The van der Waals surface area contributed by atoms with E-state index in [-0.39, 0.29) is 12.0 Å². The van der Waals surface area contributed by atoms with Crippen molar-refractivity contribution in [2.45, 2.75) is 19.0 Å². The Morgan fingerprint density at radius 3 is 2.32 bits per heavy atom. The molecule has 0 aliphatic rings. The lowest BCUT2D eigenvalue weighted by Crippen LogP contribution is -2.42. The molecule has 0 aliphatic carbocycles. The Morgan fingerprint density at radius 2 is 1.76 bits per heavy atom. The molecule has 0 bridgehead atoms. The number of carbonyl (C=O) groups excluding carboxylic acids is 1. The first-order valence-electron chi connectivity index (χ1n) is 8.22. The zero-order valence-electron chi connectivity index (χ0n) is 14.6. The lowest BCUT2D eigenvalue weighted by Gasteiger charge is -2.32. The molecule has 0 radical (unpaired) electrons. The topological polar surface area (TPSA) is 29.5 Å². The van der Waals surface area contributed by atoms with Gasteiger partial charge >= 0.3 is 5.97 Å². The van der Waals surface area contributed by atoms with Crippen molar-refractivity contribution in [1.29, 1.82) is 0 Å². The van der Waals surface area contributed by atoms with E-state index in [9.17, 15) is 4.79 Å². The number of benzene rings is 2. The van der Waals surface area contributed by atoms with Gasteiger partial charge in [-0.1, -0.05) is 78.7 Å². The Morgan fingerprint density at radius 1 is 1.16 bits per heavy atom. The van der Waals surface area contributed by atoms with Crippen molar-refractivity contribution in [3.05, 3.63) is 77.9 Å². The minimum absolute atomic E-state index is 0.0261. The maximum atomic E-state index is 12.4. The highest BCUT2D eigenvalue weighted by Gasteiger charge is 2.28. The third-order valence-corrected chi connectivity index (χ3v) is 4.12. The van der Waals surface area contributed by atoms with E-state index in [0.717, 1.165) is 11.1 Å². The lowest BCUT2D eigenvalue weighted by atomic mass is 10.0. The van der Waals surface area contributed by atoms with E-state index >= 15 is 0 Å². The minimum atomic E-state index is -0.559. The highest BCUT2D eigenvalue weighted by molar-refractivity contribution is 5.79. The normalized spacial score (nSPS) is 13.4. The molecule has 2 aromatic carbocycles. The second-order valence-electron chi connectivity index (χ2n) is 5.70. The smallest absolute Gasteiger partial charge is 0.327 e. The lowest BCUT2D eigenvalue weighted by molar-refractivity contribution is -0.145. The summed E-state index contributed by atoms with van der Waals surface area (Å²) in [5, 5.41) is 0. The molecule has 128 valence electrons. The van der Waals surface area contributed by atoms with Gasteiger partial charge in [-0.05, 0) is 18.1 Å². The van der Waals surface area contributed by atoms with Crippen LogP contribution in [0.1, 0.15) is 24.1 Å². The first kappa shape index (κ1) is 18.5. The van der Waals surface area contributed by atoms with Gasteiger partial charge in [-0.15, -0.1) is 6.42 Å². The number of hydrogen-bond donors (Lipinski definition) is 0. The fourth-order valence-corrected chi connectivity index (χ4v) is 2.72. The first-order valence-corrected chi connectivity index (χ1v) is 8.22. The van der Waals surface area contributed by atoms with Crippen LogP contribution in [0.3, 0.4) is 0 Å². The molecule has 0 saturated heterocycles. The summed E-state index contributed by atoms with van der Waals surface area (Å²) in [6, 6.07) is 19.2. The molecular weight excluding hydrogens is 310 g/mol. The van der Waals surface area contributed by atoms with Crippen molar-refractivity contribution in [1.82, 2.24) is 4.90 Å². The van der Waals surface area contributed by atoms with Gasteiger partial charge in [0.2, 0.25) is 0 Å². The van der Waals surface area contributed by atoms with Crippen LogP contribution in [0.2, 0.25) is 0 Å². The fourth-order valence-electron chi connectivity index (χ4n) is 2.72. The molecule has 3 nitrogen and oxygen atoms in total. The number of methoxy groups -OCH3 is 1. The quantitative estimate of drug-likeness (QED) is 0.568. The van der Waals surface area contributed by atoms with Crippen molar-refractivity contribution in [2.75, 3.05) is 13.7 Å². The van der Waals surface area contributed by atoms with Crippen LogP contribution in [0.4, 0.5) is 0 Å². The van der Waals surface area contributed by atoms with Crippen LogP contribution < -0.4 is 0 Å². The number of ether oxygens (including phenoxy) is 1. The summed E-state index contributed by atoms with van der Waals surface area (Å²) >= 11 is 0. The molecule has 2 atom stereocenters. The van der Waals surface area contributed by atoms with Gasteiger partial charge in [0.1, 0.15) is 6.04 Å². The zero-order chi connectivity index (χ0) is 18.1. The third-order valence-electron chi connectivity index (χ3n) is 4.12. The zero-order valence-corrected chi connectivity index (χ0v) is 14.6. The molecule has 0 N–H and O–H groups in total. The molecule has 0 aliphatic heterocycles. The second-order valence-corrected chi connectivity index (χ2v) is 5.70. The van der Waals surface area contributed by atoms with Gasteiger partial charge in [0.15, 0.2) is 0 Å². The Balaban J connectivity index is 2.33. The van der Waals surface area contributed by atoms with Crippen LogP contribution in [0.5, 0.6) is 0 Å². The largest absolute Gasteiger partial charge is 0.468 e. The number of esters is 1. The summed E-state index contributed by atoms with van der Waals surface area (Å²) in [5.74, 6) is 2.33. The van der Waals surface area contributed by atoms with Gasteiger partial charge in [-0.2, -0.15) is 0 Å². The molecule has 0 saturated carbocycles.